The lowest BCUT2D eigenvalue weighted by Gasteiger charge is -2.03. The number of aromatic nitrogens is 3. The van der Waals surface area contributed by atoms with E-state index in [1.54, 1.807) is 6.20 Å². The molecule has 0 N–H and O–H groups in total. The van der Waals surface area contributed by atoms with Crippen molar-refractivity contribution in [2.45, 2.75) is 6.42 Å². The Kier molecular flexibility index (Phi) is 3.73. The van der Waals surface area contributed by atoms with Crippen molar-refractivity contribution in [1.29, 1.82) is 0 Å². The molecule has 90 valence electrons. The summed E-state index contributed by atoms with van der Waals surface area (Å²) in [5, 5.41) is 7.59. The van der Waals surface area contributed by atoms with E-state index in [4.69, 9.17) is 11.6 Å². The van der Waals surface area contributed by atoms with Crippen molar-refractivity contribution in [3.05, 3.63) is 40.1 Å². The number of hydrogen-bond donors (Lipinski definition) is 0. The molecule has 1 aromatic carbocycles. The second kappa shape index (κ2) is 5.10. The molecule has 0 bridgehead atoms. The smallest absolute Gasteiger partial charge is 0.151 e. The van der Waals surface area contributed by atoms with Gasteiger partial charge in [-0.1, -0.05) is 5.21 Å². The maximum Gasteiger partial charge on any atom is 0.151 e. The minimum absolute atomic E-state index is 0.131. The molecule has 0 radical (unpaired) electrons. The molecule has 0 atom stereocenters. The first-order chi connectivity index (χ1) is 8.11. The Balaban J connectivity index is 2.41. The third-order valence-corrected chi connectivity index (χ3v) is 2.92. The van der Waals surface area contributed by atoms with Crippen LogP contribution in [0.4, 0.5) is 8.78 Å². The summed E-state index contributed by atoms with van der Waals surface area (Å²) in [6, 6.07) is 2.10. The average Bonchev–Trinajstić information content (AvgIpc) is 2.72. The monoisotopic (exact) mass is 321 g/mol. The Morgan fingerprint density at radius 3 is 2.76 bits per heavy atom. The number of halogens is 4. The Bertz CT molecular complexity index is 544. The Morgan fingerprint density at radius 2 is 2.06 bits per heavy atom. The van der Waals surface area contributed by atoms with Crippen molar-refractivity contribution in [2.75, 3.05) is 5.88 Å². The van der Waals surface area contributed by atoms with E-state index in [0.717, 1.165) is 6.07 Å². The van der Waals surface area contributed by atoms with E-state index in [1.807, 2.05) is 0 Å². The first-order valence-electron chi connectivity index (χ1n) is 4.74. The molecule has 2 rings (SSSR count). The highest BCUT2D eigenvalue weighted by atomic mass is 79.9. The lowest BCUT2D eigenvalue weighted by Crippen LogP contribution is -2.00. The van der Waals surface area contributed by atoms with E-state index in [2.05, 4.69) is 26.2 Å². The zero-order valence-corrected chi connectivity index (χ0v) is 10.8. The minimum atomic E-state index is -0.701. The Morgan fingerprint density at radius 1 is 1.29 bits per heavy atom. The minimum Gasteiger partial charge on any atom is -0.217 e. The number of rotatable bonds is 3. The first kappa shape index (κ1) is 12.4. The van der Waals surface area contributed by atoms with Gasteiger partial charge in [0, 0.05) is 18.4 Å². The van der Waals surface area contributed by atoms with Gasteiger partial charge in [-0.2, -0.15) is 0 Å². The van der Waals surface area contributed by atoms with Crippen molar-refractivity contribution in [3.63, 3.8) is 0 Å². The van der Waals surface area contributed by atoms with Gasteiger partial charge in [-0.15, -0.1) is 16.7 Å². The topological polar surface area (TPSA) is 30.7 Å². The average molecular weight is 323 g/mol. The van der Waals surface area contributed by atoms with Crippen LogP contribution in [-0.4, -0.2) is 20.9 Å². The van der Waals surface area contributed by atoms with Gasteiger partial charge in [-0.05, 0) is 22.0 Å². The predicted octanol–water partition coefficient (Wildman–Crippen LogP) is 3.09. The molecule has 1 heterocycles. The third kappa shape index (κ3) is 2.63. The van der Waals surface area contributed by atoms with Gasteiger partial charge in [0.15, 0.2) is 5.82 Å². The summed E-state index contributed by atoms with van der Waals surface area (Å²) < 4.78 is 28.0. The number of alkyl halides is 1. The molecule has 0 unspecified atom stereocenters. The Hall–Kier alpha value is -1.01. The van der Waals surface area contributed by atoms with Crippen LogP contribution in [0.2, 0.25) is 0 Å². The van der Waals surface area contributed by atoms with Crippen LogP contribution >= 0.6 is 27.5 Å². The molecule has 17 heavy (non-hydrogen) atoms. The van der Waals surface area contributed by atoms with Crippen LogP contribution in [0.3, 0.4) is 0 Å². The normalized spacial score (nSPS) is 10.8. The highest BCUT2D eigenvalue weighted by Gasteiger charge is 2.11. The van der Waals surface area contributed by atoms with Crippen molar-refractivity contribution in [1.82, 2.24) is 15.0 Å². The number of hydrogen-bond acceptors (Lipinski definition) is 2. The second-order valence-electron chi connectivity index (χ2n) is 3.31. The molecular formula is C10H7BrClF2N3. The second-order valence-corrected chi connectivity index (χ2v) is 4.54. The SMILES string of the molecule is Fc1cc(F)c(-n2cc(CCCl)nn2)cc1Br. The molecule has 7 heteroatoms. The van der Waals surface area contributed by atoms with Crippen LogP contribution in [0, 0.1) is 11.6 Å². The molecule has 0 aliphatic heterocycles. The highest BCUT2D eigenvalue weighted by Crippen LogP contribution is 2.22. The molecule has 2 aromatic rings. The van der Waals surface area contributed by atoms with Crippen molar-refractivity contribution in [2.24, 2.45) is 0 Å². The summed E-state index contributed by atoms with van der Waals surface area (Å²) in [5.74, 6) is -0.950. The summed E-state index contributed by atoms with van der Waals surface area (Å²) in [6.45, 7) is 0. The van der Waals surface area contributed by atoms with Gasteiger partial charge in [0.05, 0.1) is 16.4 Å². The predicted molar refractivity (Wildman–Crippen MR) is 63.4 cm³/mol. The summed E-state index contributed by atoms with van der Waals surface area (Å²) >= 11 is 8.55. The van der Waals surface area contributed by atoms with Crippen LogP contribution in [0.1, 0.15) is 5.69 Å². The quantitative estimate of drug-likeness (QED) is 0.642. The summed E-state index contributed by atoms with van der Waals surface area (Å²) in [7, 11) is 0. The van der Waals surface area contributed by atoms with Gasteiger partial charge in [0.2, 0.25) is 0 Å². The number of benzene rings is 1. The zero-order valence-electron chi connectivity index (χ0n) is 8.50. The van der Waals surface area contributed by atoms with E-state index in [-0.39, 0.29) is 10.2 Å². The molecular weight excluding hydrogens is 315 g/mol. The molecule has 1 aromatic heterocycles. The number of aryl methyl sites for hydroxylation is 1. The molecule has 0 spiro atoms. The van der Waals surface area contributed by atoms with Crippen LogP contribution in [0.5, 0.6) is 0 Å². The molecule has 0 aliphatic rings. The van der Waals surface area contributed by atoms with E-state index < -0.39 is 11.6 Å². The van der Waals surface area contributed by atoms with Crippen LogP contribution in [0.25, 0.3) is 5.69 Å². The van der Waals surface area contributed by atoms with Crippen molar-refractivity contribution >= 4 is 27.5 Å². The third-order valence-electron chi connectivity index (χ3n) is 2.13. The maximum absolute atomic E-state index is 13.5. The van der Waals surface area contributed by atoms with Crippen LogP contribution in [0.15, 0.2) is 22.8 Å². The van der Waals surface area contributed by atoms with E-state index in [1.165, 1.54) is 10.7 Å². The van der Waals surface area contributed by atoms with Crippen LogP contribution < -0.4 is 0 Å². The molecule has 0 saturated carbocycles. The van der Waals surface area contributed by atoms with Gasteiger partial charge in [0.1, 0.15) is 11.5 Å². The molecule has 0 fully saturated rings. The summed E-state index contributed by atoms with van der Waals surface area (Å²) in [4.78, 5) is 0. The lowest BCUT2D eigenvalue weighted by molar-refractivity contribution is 0.568. The highest BCUT2D eigenvalue weighted by molar-refractivity contribution is 9.10. The van der Waals surface area contributed by atoms with Gasteiger partial charge < -0.3 is 0 Å². The van der Waals surface area contributed by atoms with E-state index >= 15 is 0 Å². The molecule has 0 amide bonds. The van der Waals surface area contributed by atoms with Gasteiger partial charge in [-0.3, -0.25) is 0 Å². The van der Waals surface area contributed by atoms with E-state index in [0.29, 0.717) is 18.0 Å². The lowest BCUT2D eigenvalue weighted by atomic mass is 10.3. The molecule has 0 aliphatic carbocycles. The zero-order chi connectivity index (χ0) is 12.4. The number of nitrogens with zero attached hydrogens (tertiary/aromatic N) is 3. The standard InChI is InChI=1S/C10H7BrClF2N3/c11-7-3-10(9(14)4-8(7)13)17-5-6(1-2-12)15-16-17/h3-5H,1-2H2. The van der Waals surface area contributed by atoms with Crippen molar-refractivity contribution in [3.8, 4) is 5.69 Å². The van der Waals surface area contributed by atoms with Crippen molar-refractivity contribution < 1.29 is 8.78 Å². The fourth-order valence-electron chi connectivity index (χ4n) is 1.32. The fraction of sp³-hybridized carbons (Fsp3) is 0.200. The first-order valence-corrected chi connectivity index (χ1v) is 6.06. The fourth-order valence-corrected chi connectivity index (χ4v) is 1.84. The van der Waals surface area contributed by atoms with Gasteiger partial charge in [0.25, 0.3) is 0 Å². The molecule has 0 saturated heterocycles. The maximum atomic E-state index is 13.5. The van der Waals surface area contributed by atoms with E-state index in [9.17, 15) is 8.78 Å². The van der Waals surface area contributed by atoms with Crippen LogP contribution in [-0.2, 0) is 6.42 Å². The summed E-state index contributed by atoms with van der Waals surface area (Å²) in [5.41, 5.74) is 0.784. The summed E-state index contributed by atoms with van der Waals surface area (Å²) in [6.07, 6.45) is 2.11. The largest absolute Gasteiger partial charge is 0.217 e. The Labute approximate surface area is 110 Å². The molecule has 3 nitrogen and oxygen atoms in total. The van der Waals surface area contributed by atoms with Gasteiger partial charge >= 0.3 is 0 Å². The van der Waals surface area contributed by atoms with Gasteiger partial charge in [-0.25, -0.2) is 13.5 Å².